The molecule has 0 aliphatic rings. The number of ether oxygens (including phenoxy) is 1. The summed E-state index contributed by atoms with van der Waals surface area (Å²) in [5.74, 6) is 0.868. The van der Waals surface area contributed by atoms with Crippen LogP contribution in [0.5, 0.6) is 5.75 Å². The third kappa shape index (κ3) is 3.85. The molecule has 0 aliphatic heterocycles. The van der Waals surface area contributed by atoms with E-state index >= 15 is 0 Å². The standard InChI is InChI=1S/C25H29N3O/c1-4-28(5-2)16-8-15-26-24-21-9-6-7-10-23(21)27-25-20-14-12-19(29-3)17-18(20)11-13-22(24)25/h6-7,9-14,17H,4-5,8,15-16H2,1-3H3,(H,26,27). The van der Waals surface area contributed by atoms with Crippen molar-refractivity contribution < 1.29 is 4.74 Å². The molecule has 0 atom stereocenters. The molecule has 4 heteroatoms. The van der Waals surface area contributed by atoms with E-state index in [1.807, 2.05) is 6.07 Å². The van der Waals surface area contributed by atoms with Gasteiger partial charge in [0.25, 0.3) is 0 Å². The van der Waals surface area contributed by atoms with E-state index in [-0.39, 0.29) is 0 Å². The molecule has 0 saturated carbocycles. The second kappa shape index (κ2) is 8.66. The van der Waals surface area contributed by atoms with Gasteiger partial charge in [-0.05, 0) is 55.7 Å². The van der Waals surface area contributed by atoms with Crippen molar-refractivity contribution in [2.24, 2.45) is 0 Å². The third-order valence-corrected chi connectivity index (χ3v) is 5.72. The van der Waals surface area contributed by atoms with Gasteiger partial charge in [0.2, 0.25) is 0 Å². The lowest BCUT2D eigenvalue weighted by molar-refractivity contribution is 0.303. The zero-order valence-electron chi connectivity index (χ0n) is 17.5. The number of aromatic nitrogens is 1. The van der Waals surface area contributed by atoms with Gasteiger partial charge in [-0.3, -0.25) is 0 Å². The third-order valence-electron chi connectivity index (χ3n) is 5.72. The van der Waals surface area contributed by atoms with Gasteiger partial charge in [0.05, 0.1) is 23.8 Å². The minimum absolute atomic E-state index is 0.868. The Labute approximate surface area is 172 Å². The average molecular weight is 388 g/mol. The van der Waals surface area contributed by atoms with Crippen molar-refractivity contribution in [3.05, 3.63) is 54.6 Å². The lowest BCUT2D eigenvalue weighted by Crippen LogP contribution is -2.25. The maximum Gasteiger partial charge on any atom is 0.119 e. The highest BCUT2D eigenvalue weighted by Crippen LogP contribution is 2.35. The Morgan fingerprint density at radius 2 is 1.72 bits per heavy atom. The quantitative estimate of drug-likeness (QED) is 0.239. The molecule has 1 heterocycles. The molecule has 1 N–H and O–H groups in total. The molecule has 0 bridgehead atoms. The number of anilines is 1. The highest BCUT2D eigenvalue weighted by Gasteiger charge is 2.12. The molecule has 4 nitrogen and oxygen atoms in total. The van der Waals surface area contributed by atoms with Crippen molar-refractivity contribution in [3.8, 4) is 5.75 Å². The minimum atomic E-state index is 0.868. The molecular weight excluding hydrogens is 358 g/mol. The van der Waals surface area contributed by atoms with Gasteiger partial charge in [0.1, 0.15) is 5.75 Å². The van der Waals surface area contributed by atoms with Crippen molar-refractivity contribution in [2.75, 3.05) is 38.6 Å². The summed E-state index contributed by atoms with van der Waals surface area (Å²) in [6, 6.07) is 18.9. The van der Waals surface area contributed by atoms with Crippen molar-refractivity contribution >= 4 is 38.3 Å². The Kier molecular flexibility index (Phi) is 5.81. The van der Waals surface area contributed by atoms with Crippen LogP contribution in [0.2, 0.25) is 0 Å². The highest BCUT2D eigenvalue weighted by molar-refractivity contribution is 6.16. The summed E-state index contributed by atoms with van der Waals surface area (Å²) in [5, 5.41) is 8.38. The van der Waals surface area contributed by atoms with Crippen molar-refractivity contribution in [1.29, 1.82) is 0 Å². The fourth-order valence-corrected chi connectivity index (χ4v) is 4.04. The van der Waals surface area contributed by atoms with Crippen LogP contribution in [0.4, 0.5) is 5.69 Å². The Morgan fingerprint density at radius 3 is 2.52 bits per heavy atom. The van der Waals surface area contributed by atoms with E-state index in [2.05, 4.69) is 72.6 Å². The van der Waals surface area contributed by atoms with Gasteiger partial charge in [-0.1, -0.05) is 44.2 Å². The molecule has 4 aromatic rings. The summed E-state index contributed by atoms with van der Waals surface area (Å²) in [5.41, 5.74) is 3.24. The summed E-state index contributed by atoms with van der Waals surface area (Å²) < 4.78 is 5.39. The van der Waals surface area contributed by atoms with Crippen molar-refractivity contribution in [3.63, 3.8) is 0 Å². The molecule has 0 aliphatic carbocycles. The van der Waals surface area contributed by atoms with Gasteiger partial charge >= 0.3 is 0 Å². The van der Waals surface area contributed by atoms with Crippen molar-refractivity contribution in [2.45, 2.75) is 20.3 Å². The Balaban J connectivity index is 1.77. The second-order valence-corrected chi connectivity index (χ2v) is 7.36. The normalized spacial score (nSPS) is 11.6. The average Bonchev–Trinajstić information content (AvgIpc) is 2.78. The van der Waals surface area contributed by atoms with E-state index in [1.165, 1.54) is 16.5 Å². The van der Waals surface area contributed by atoms with Crippen LogP contribution in [0.1, 0.15) is 20.3 Å². The summed E-state index contributed by atoms with van der Waals surface area (Å²) >= 11 is 0. The van der Waals surface area contributed by atoms with Crippen LogP contribution in [0, 0.1) is 0 Å². The first kappa shape index (κ1) is 19.5. The number of benzene rings is 3. The number of rotatable bonds is 8. The van der Waals surface area contributed by atoms with Gasteiger partial charge < -0.3 is 15.0 Å². The Morgan fingerprint density at radius 1 is 0.931 bits per heavy atom. The molecule has 0 spiro atoms. The maximum atomic E-state index is 5.39. The predicted octanol–water partition coefficient (Wildman–Crippen LogP) is 5.69. The summed E-state index contributed by atoms with van der Waals surface area (Å²) in [6.45, 7) is 8.71. The van der Waals surface area contributed by atoms with E-state index in [0.717, 1.165) is 60.2 Å². The molecule has 0 unspecified atom stereocenters. The molecule has 0 amide bonds. The van der Waals surface area contributed by atoms with Gasteiger partial charge in [-0.2, -0.15) is 0 Å². The van der Waals surface area contributed by atoms with Crippen LogP contribution >= 0.6 is 0 Å². The monoisotopic (exact) mass is 387 g/mol. The number of nitrogens with zero attached hydrogens (tertiary/aromatic N) is 2. The van der Waals surface area contributed by atoms with Crippen LogP contribution in [-0.2, 0) is 0 Å². The van der Waals surface area contributed by atoms with Crippen LogP contribution in [0.25, 0.3) is 32.6 Å². The summed E-state index contributed by atoms with van der Waals surface area (Å²) in [7, 11) is 1.70. The first-order valence-electron chi connectivity index (χ1n) is 10.5. The molecule has 0 fully saturated rings. The predicted molar refractivity (Wildman–Crippen MR) is 124 cm³/mol. The van der Waals surface area contributed by atoms with Gasteiger partial charge in [-0.15, -0.1) is 0 Å². The summed E-state index contributed by atoms with van der Waals surface area (Å²) in [4.78, 5) is 7.48. The topological polar surface area (TPSA) is 37.4 Å². The lowest BCUT2D eigenvalue weighted by Gasteiger charge is -2.19. The number of methoxy groups -OCH3 is 1. The van der Waals surface area contributed by atoms with Crippen LogP contribution < -0.4 is 10.1 Å². The van der Waals surface area contributed by atoms with Crippen molar-refractivity contribution in [1.82, 2.24) is 9.88 Å². The molecule has 4 rings (SSSR count). The minimum Gasteiger partial charge on any atom is -0.497 e. The number of fused-ring (bicyclic) bond motifs is 4. The van der Waals surface area contributed by atoms with E-state index in [9.17, 15) is 0 Å². The fourth-order valence-electron chi connectivity index (χ4n) is 4.04. The van der Waals surface area contributed by atoms with Crippen LogP contribution in [-0.4, -0.2) is 43.2 Å². The number of para-hydroxylation sites is 1. The lowest BCUT2D eigenvalue weighted by atomic mass is 10.0. The molecule has 0 radical (unpaired) electrons. The SMILES string of the molecule is CCN(CC)CCCNc1c2ccccc2nc2c1ccc1cc(OC)ccc12. The van der Waals surface area contributed by atoms with Gasteiger partial charge in [0, 0.05) is 22.7 Å². The molecule has 3 aromatic carbocycles. The largest absolute Gasteiger partial charge is 0.497 e. The Hall–Kier alpha value is -2.85. The zero-order valence-corrected chi connectivity index (χ0v) is 17.5. The van der Waals surface area contributed by atoms with E-state index in [0.29, 0.717) is 0 Å². The van der Waals surface area contributed by atoms with Crippen LogP contribution in [0.15, 0.2) is 54.6 Å². The maximum absolute atomic E-state index is 5.39. The second-order valence-electron chi connectivity index (χ2n) is 7.36. The first-order chi connectivity index (χ1) is 14.2. The Bertz CT molecular complexity index is 1140. The number of nitrogens with one attached hydrogen (secondary N) is 1. The van der Waals surface area contributed by atoms with E-state index in [1.54, 1.807) is 7.11 Å². The van der Waals surface area contributed by atoms with Gasteiger partial charge in [-0.25, -0.2) is 4.98 Å². The summed E-state index contributed by atoms with van der Waals surface area (Å²) in [6.07, 6.45) is 1.12. The highest BCUT2D eigenvalue weighted by atomic mass is 16.5. The fraction of sp³-hybridized carbons (Fsp3) is 0.320. The first-order valence-corrected chi connectivity index (χ1v) is 10.5. The smallest absolute Gasteiger partial charge is 0.119 e. The molecule has 0 saturated heterocycles. The van der Waals surface area contributed by atoms with Gasteiger partial charge in [0.15, 0.2) is 0 Å². The molecule has 1 aromatic heterocycles. The van der Waals surface area contributed by atoms with E-state index < -0.39 is 0 Å². The number of hydrogen-bond acceptors (Lipinski definition) is 4. The zero-order chi connectivity index (χ0) is 20.2. The molecular formula is C25H29N3O. The molecule has 150 valence electrons. The van der Waals surface area contributed by atoms with Crippen LogP contribution in [0.3, 0.4) is 0 Å². The number of pyridine rings is 1. The number of hydrogen-bond donors (Lipinski definition) is 1. The van der Waals surface area contributed by atoms with E-state index in [4.69, 9.17) is 9.72 Å². The molecule has 29 heavy (non-hydrogen) atoms.